The van der Waals surface area contributed by atoms with Crippen LogP contribution in [0.2, 0.25) is 0 Å². The molecule has 6 aromatic carbocycles. The molecule has 0 saturated heterocycles. The Labute approximate surface area is 235 Å². The van der Waals surface area contributed by atoms with Crippen molar-refractivity contribution in [2.75, 3.05) is 4.90 Å². The summed E-state index contributed by atoms with van der Waals surface area (Å²) in [5.41, 5.74) is 9.47. The van der Waals surface area contributed by atoms with E-state index in [0.717, 1.165) is 44.3 Å². The fourth-order valence-corrected chi connectivity index (χ4v) is 6.92. The molecule has 2 aromatic heterocycles. The summed E-state index contributed by atoms with van der Waals surface area (Å²) in [4.78, 5) is 21.2. The van der Waals surface area contributed by atoms with Gasteiger partial charge in [0.15, 0.2) is 0 Å². The second-order valence-corrected chi connectivity index (χ2v) is 10.7. The van der Waals surface area contributed by atoms with Crippen LogP contribution in [0.25, 0.3) is 38.2 Å². The van der Waals surface area contributed by atoms with Gasteiger partial charge in [-0.15, -0.1) is 0 Å². The Morgan fingerprint density at radius 3 is 1.98 bits per heavy atom. The minimum absolute atomic E-state index is 0.0347. The van der Waals surface area contributed by atoms with Gasteiger partial charge in [-0.05, 0) is 59.2 Å². The van der Waals surface area contributed by atoms with Crippen LogP contribution in [0.4, 0.5) is 17.1 Å². The Kier molecular flexibility index (Phi) is 4.50. The maximum absolute atomic E-state index is 14.0. The van der Waals surface area contributed by atoms with Gasteiger partial charge >= 0.3 is 0 Å². The summed E-state index contributed by atoms with van der Waals surface area (Å²) in [6.07, 6.45) is 0. The Morgan fingerprint density at radius 1 is 0.537 bits per heavy atom. The molecule has 0 spiro atoms. The third-order valence-electron chi connectivity index (χ3n) is 8.60. The van der Waals surface area contributed by atoms with Crippen LogP contribution in [0.5, 0.6) is 0 Å². The smallest absolute Gasteiger partial charge is 0.264 e. The summed E-state index contributed by atoms with van der Waals surface area (Å²) in [5.74, 6) is 0.126. The van der Waals surface area contributed by atoms with Gasteiger partial charge in [0.05, 0.1) is 28.1 Å². The lowest BCUT2D eigenvalue weighted by molar-refractivity contribution is 0.940. The topological polar surface area (TPSA) is 37.6 Å². The average Bonchev–Trinajstić information content (AvgIpc) is 3.43. The van der Waals surface area contributed by atoms with Gasteiger partial charge in [0.25, 0.3) is 5.56 Å². The van der Waals surface area contributed by atoms with E-state index in [1.807, 2.05) is 36.4 Å². The van der Waals surface area contributed by atoms with Gasteiger partial charge in [0.1, 0.15) is 5.65 Å². The van der Waals surface area contributed by atoms with Crippen molar-refractivity contribution in [2.45, 2.75) is 5.92 Å². The van der Waals surface area contributed by atoms with E-state index in [1.54, 1.807) is 4.40 Å². The standard InChI is InChI=1S/C37H23N3O/c41-37-28-16-10-15-26-32(22-21-27(35(26)28)36-38-29-17-6-9-20-33(29)40(36)37)39-30-18-7-4-13-24(30)34(23-11-2-1-3-12-23)25-14-5-8-19-31(25)39/h1-22,34H. The SMILES string of the molecule is O=c1c2cccc3c(N4c5ccccc5C(c5ccccc5)c5ccccc54)ccc(c32)c2nc3ccccc3n12. The number of fused-ring (bicyclic) bond motifs is 6. The number of hydrogen-bond donors (Lipinski definition) is 0. The molecule has 0 amide bonds. The van der Waals surface area contributed by atoms with Crippen LogP contribution >= 0.6 is 0 Å². The first-order chi connectivity index (χ1) is 20.3. The number of anilines is 3. The lowest BCUT2D eigenvalue weighted by Gasteiger charge is -2.38. The molecule has 3 heterocycles. The van der Waals surface area contributed by atoms with Crippen LogP contribution in [0.1, 0.15) is 22.6 Å². The van der Waals surface area contributed by atoms with Crippen LogP contribution < -0.4 is 10.5 Å². The van der Waals surface area contributed by atoms with Crippen LogP contribution in [-0.2, 0) is 0 Å². The number of imidazole rings is 1. The zero-order valence-corrected chi connectivity index (χ0v) is 22.0. The molecule has 0 unspecified atom stereocenters. The molecule has 0 bridgehead atoms. The number of hydrogen-bond acceptors (Lipinski definition) is 3. The number of rotatable bonds is 2. The Balaban J connectivity index is 1.38. The van der Waals surface area contributed by atoms with E-state index in [-0.39, 0.29) is 11.5 Å². The molecule has 41 heavy (non-hydrogen) atoms. The molecule has 0 saturated carbocycles. The number of pyridine rings is 1. The highest BCUT2D eigenvalue weighted by Crippen LogP contribution is 2.52. The molecule has 1 aliphatic heterocycles. The van der Waals surface area contributed by atoms with Crippen LogP contribution in [0.15, 0.2) is 138 Å². The first-order valence-electron chi connectivity index (χ1n) is 13.9. The van der Waals surface area contributed by atoms with E-state index in [0.29, 0.717) is 11.0 Å². The van der Waals surface area contributed by atoms with Crippen LogP contribution in [-0.4, -0.2) is 9.38 Å². The molecule has 4 nitrogen and oxygen atoms in total. The molecule has 0 radical (unpaired) electrons. The third kappa shape index (κ3) is 2.99. The number of nitrogens with zero attached hydrogens (tertiary/aromatic N) is 3. The second kappa shape index (κ2) is 8.26. The molecule has 0 atom stereocenters. The van der Waals surface area contributed by atoms with E-state index in [1.165, 1.54) is 16.7 Å². The van der Waals surface area contributed by atoms with Crippen molar-refractivity contribution in [1.29, 1.82) is 0 Å². The molecule has 9 rings (SSSR count). The van der Waals surface area contributed by atoms with Crippen molar-refractivity contribution >= 4 is 55.3 Å². The normalized spacial score (nSPS) is 13.3. The van der Waals surface area contributed by atoms with Gasteiger partial charge in [-0.3, -0.25) is 9.20 Å². The van der Waals surface area contributed by atoms with E-state index >= 15 is 0 Å². The predicted octanol–water partition coefficient (Wildman–Crippen LogP) is 8.56. The van der Waals surface area contributed by atoms with Crippen molar-refractivity contribution in [3.8, 4) is 0 Å². The number of benzene rings is 6. The van der Waals surface area contributed by atoms with Crippen molar-refractivity contribution in [1.82, 2.24) is 9.38 Å². The molecule has 192 valence electrons. The quantitative estimate of drug-likeness (QED) is 0.227. The number of aromatic nitrogens is 2. The first kappa shape index (κ1) is 22.3. The Hall–Kier alpha value is -5.48. The minimum Gasteiger partial charge on any atom is -0.309 e. The Bertz CT molecular complexity index is 2310. The highest BCUT2D eigenvalue weighted by molar-refractivity contribution is 6.20. The average molecular weight is 526 g/mol. The second-order valence-electron chi connectivity index (χ2n) is 10.7. The van der Waals surface area contributed by atoms with E-state index in [2.05, 4.69) is 102 Å². The molecule has 1 aliphatic rings. The summed E-state index contributed by atoms with van der Waals surface area (Å²) < 4.78 is 1.77. The molecule has 0 fully saturated rings. The minimum atomic E-state index is -0.0347. The highest BCUT2D eigenvalue weighted by atomic mass is 16.1. The fourth-order valence-electron chi connectivity index (χ4n) is 6.92. The summed E-state index contributed by atoms with van der Waals surface area (Å²) in [5, 5.41) is 3.68. The van der Waals surface area contributed by atoms with Crippen molar-refractivity contribution in [2.24, 2.45) is 0 Å². The lowest BCUT2D eigenvalue weighted by Crippen LogP contribution is -2.22. The molecular weight excluding hydrogens is 502 g/mol. The highest BCUT2D eigenvalue weighted by Gasteiger charge is 2.33. The third-order valence-corrected chi connectivity index (χ3v) is 8.60. The largest absolute Gasteiger partial charge is 0.309 e. The molecule has 8 aromatic rings. The van der Waals surface area contributed by atoms with Gasteiger partial charge in [-0.1, -0.05) is 91.0 Å². The zero-order valence-electron chi connectivity index (χ0n) is 22.0. The van der Waals surface area contributed by atoms with Gasteiger partial charge in [-0.2, -0.15) is 0 Å². The van der Waals surface area contributed by atoms with Crippen LogP contribution in [0, 0.1) is 0 Å². The first-order valence-corrected chi connectivity index (χ1v) is 13.9. The molecular formula is C37H23N3O. The van der Waals surface area contributed by atoms with Gasteiger partial charge in [0, 0.05) is 27.5 Å². The van der Waals surface area contributed by atoms with E-state index in [9.17, 15) is 4.79 Å². The van der Waals surface area contributed by atoms with Crippen LogP contribution in [0.3, 0.4) is 0 Å². The number of para-hydroxylation sites is 4. The lowest BCUT2D eigenvalue weighted by atomic mass is 9.80. The summed E-state index contributed by atoms with van der Waals surface area (Å²) in [6, 6.07) is 46.4. The summed E-state index contributed by atoms with van der Waals surface area (Å²) in [7, 11) is 0. The Morgan fingerprint density at radius 2 is 1.20 bits per heavy atom. The fraction of sp³-hybridized carbons (Fsp3) is 0.0270. The van der Waals surface area contributed by atoms with Gasteiger partial charge in [-0.25, -0.2) is 4.98 Å². The maximum Gasteiger partial charge on any atom is 0.264 e. The zero-order chi connectivity index (χ0) is 27.1. The van der Waals surface area contributed by atoms with E-state index in [4.69, 9.17) is 4.98 Å². The van der Waals surface area contributed by atoms with Crippen molar-refractivity contribution in [3.05, 3.63) is 161 Å². The van der Waals surface area contributed by atoms with E-state index < -0.39 is 0 Å². The van der Waals surface area contributed by atoms with Crippen molar-refractivity contribution in [3.63, 3.8) is 0 Å². The molecule has 0 aliphatic carbocycles. The van der Waals surface area contributed by atoms with Gasteiger partial charge < -0.3 is 4.90 Å². The predicted molar refractivity (Wildman–Crippen MR) is 167 cm³/mol. The molecule has 4 heteroatoms. The maximum atomic E-state index is 14.0. The summed E-state index contributed by atoms with van der Waals surface area (Å²) >= 11 is 0. The van der Waals surface area contributed by atoms with Gasteiger partial charge in [0.2, 0.25) is 0 Å². The summed E-state index contributed by atoms with van der Waals surface area (Å²) in [6.45, 7) is 0. The molecule has 0 N–H and O–H groups in total. The monoisotopic (exact) mass is 525 g/mol. The van der Waals surface area contributed by atoms with Crippen molar-refractivity contribution < 1.29 is 0 Å².